The third-order valence-corrected chi connectivity index (χ3v) is 4.32. The van der Waals surface area contributed by atoms with Crippen molar-refractivity contribution >= 4 is 33.0 Å². The number of nitrogens with zero attached hydrogens (tertiary/aromatic N) is 3. The molecule has 1 aromatic heterocycles. The fourth-order valence-electron chi connectivity index (χ4n) is 2.15. The number of rotatable bonds is 2. The van der Waals surface area contributed by atoms with E-state index in [-0.39, 0.29) is 18.9 Å². The third-order valence-electron chi connectivity index (χ3n) is 3.21. The zero-order chi connectivity index (χ0) is 14.3. The molecule has 0 saturated carbocycles. The molecule has 0 spiro atoms. The molecule has 8 heteroatoms. The monoisotopic (exact) mass is 295 g/mol. The Labute approximate surface area is 114 Å². The van der Waals surface area contributed by atoms with Crippen LogP contribution < -0.4 is 4.90 Å². The molecule has 1 fully saturated rings. The van der Waals surface area contributed by atoms with E-state index in [4.69, 9.17) is 0 Å². The lowest BCUT2D eigenvalue weighted by Gasteiger charge is -2.13. The van der Waals surface area contributed by atoms with Crippen molar-refractivity contribution in [2.24, 2.45) is 0 Å². The van der Waals surface area contributed by atoms with Crippen LogP contribution in [0.5, 0.6) is 0 Å². The van der Waals surface area contributed by atoms with Gasteiger partial charge in [0.1, 0.15) is 5.25 Å². The number of anilines is 1. The standard InChI is InChI=1S/C12H10FN3O3S/c13-20(18,19)9-5-11(17)16(7-9)12-14-6-8-3-1-2-4-10(8)15-12/h1-4,6,9H,5,7H2. The van der Waals surface area contributed by atoms with Crippen molar-refractivity contribution in [1.82, 2.24) is 9.97 Å². The van der Waals surface area contributed by atoms with Crippen molar-refractivity contribution in [2.75, 3.05) is 11.4 Å². The van der Waals surface area contributed by atoms with Gasteiger partial charge in [-0.15, -0.1) is 3.89 Å². The first-order valence-electron chi connectivity index (χ1n) is 5.91. The molecule has 0 bridgehead atoms. The van der Waals surface area contributed by atoms with Crippen LogP contribution in [-0.2, 0) is 15.0 Å². The summed E-state index contributed by atoms with van der Waals surface area (Å²) >= 11 is 0. The van der Waals surface area contributed by atoms with Crippen molar-refractivity contribution in [1.29, 1.82) is 0 Å². The van der Waals surface area contributed by atoms with E-state index in [1.165, 1.54) is 0 Å². The number of carbonyl (C=O) groups excluding carboxylic acids is 1. The van der Waals surface area contributed by atoms with Crippen LogP contribution in [0.1, 0.15) is 6.42 Å². The number of hydrogen-bond donors (Lipinski definition) is 0. The van der Waals surface area contributed by atoms with Gasteiger partial charge < -0.3 is 0 Å². The Balaban J connectivity index is 1.97. The maximum Gasteiger partial charge on any atom is 0.307 e. The van der Waals surface area contributed by atoms with Gasteiger partial charge in [0, 0.05) is 24.5 Å². The molecule has 0 N–H and O–H groups in total. The van der Waals surface area contributed by atoms with Crippen LogP contribution in [0.4, 0.5) is 9.83 Å². The van der Waals surface area contributed by atoms with Crippen molar-refractivity contribution < 1.29 is 17.1 Å². The van der Waals surface area contributed by atoms with Crippen LogP contribution in [0.2, 0.25) is 0 Å². The van der Waals surface area contributed by atoms with E-state index in [2.05, 4.69) is 9.97 Å². The molecule has 0 aliphatic carbocycles. The maximum absolute atomic E-state index is 13.0. The molecule has 1 unspecified atom stereocenters. The van der Waals surface area contributed by atoms with Crippen molar-refractivity contribution in [3.63, 3.8) is 0 Å². The van der Waals surface area contributed by atoms with E-state index >= 15 is 0 Å². The third kappa shape index (κ3) is 2.22. The molecule has 2 heterocycles. The molecule has 6 nitrogen and oxygen atoms in total. The highest BCUT2D eigenvalue weighted by atomic mass is 32.3. The summed E-state index contributed by atoms with van der Waals surface area (Å²) in [4.78, 5) is 21.1. The van der Waals surface area contributed by atoms with E-state index in [1.54, 1.807) is 18.3 Å². The second kappa shape index (κ2) is 4.48. The molecule has 0 radical (unpaired) electrons. The molecule has 1 aliphatic rings. The molecule has 20 heavy (non-hydrogen) atoms. The predicted octanol–water partition coefficient (Wildman–Crippen LogP) is 1.03. The summed E-state index contributed by atoms with van der Waals surface area (Å²) in [5.74, 6) is -0.397. The van der Waals surface area contributed by atoms with Crippen LogP contribution >= 0.6 is 0 Å². The Morgan fingerprint density at radius 3 is 2.75 bits per heavy atom. The Kier molecular flexibility index (Phi) is 2.89. The zero-order valence-corrected chi connectivity index (χ0v) is 11.0. The highest BCUT2D eigenvalue weighted by Crippen LogP contribution is 2.24. The van der Waals surface area contributed by atoms with E-state index in [1.807, 2.05) is 12.1 Å². The van der Waals surface area contributed by atoms with Crippen LogP contribution in [-0.4, -0.2) is 36.1 Å². The van der Waals surface area contributed by atoms with Gasteiger partial charge in [0.15, 0.2) is 0 Å². The van der Waals surface area contributed by atoms with Gasteiger partial charge in [0.2, 0.25) is 11.9 Å². The van der Waals surface area contributed by atoms with Gasteiger partial charge in [-0.05, 0) is 6.07 Å². The normalized spacial score (nSPS) is 19.8. The number of halogens is 1. The number of aromatic nitrogens is 2. The Hall–Kier alpha value is -2.09. The second-order valence-corrected chi connectivity index (χ2v) is 6.15. The number of fused-ring (bicyclic) bond motifs is 1. The summed E-state index contributed by atoms with van der Waals surface area (Å²) < 4.78 is 34.7. The summed E-state index contributed by atoms with van der Waals surface area (Å²) in [7, 11) is -4.74. The van der Waals surface area contributed by atoms with E-state index in [0.717, 1.165) is 10.3 Å². The van der Waals surface area contributed by atoms with E-state index < -0.39 is 21.4 Å². The fraction of sp³-hybridized carbons (Fsp3) is 0.250. The zero-order valence-electron chi connectivity index (χ0n) is 10.2. The van der Waals surface area contributed by atoms with Crippen LogP contribution in [0.15, 0.2) is 30.5 Å². The Morgan fingerprint density at radius 2 is 2.05 bits per heavy atom. The first kappa shape index (κ1) is 12.9. The minimum absolute atomic E-state index is 0.0971. The van der Waals surface area contributed by atoms with Crippen molar-refractivity contribution in [3.05, 3.63) is 30.5 Å². The number of benzene rings is 1. The van der Waals surface area contributed by atoms with Crippen LogP contribution in [0.3, 0.4) is 0 Å². The number of para-hydroxylation sites is 1. The lowest BCUT2D eigenvalue weighted by atomic mass is 10.2. The SMILES string of the molecule is O=C1CC(S(=O)(=O)F)CN1c1ncc2ccccc2n1. The van der Waals surface area contributed by atoms with Gasteiger partial charge in [-0.3, -0.25) is 9.69 Å². The molecule has 1 aliphatic heterocycles. The highest BCUT2D eigenvalue weighted by molar-refractivity contribution is 7.87. The minimum Gasteiger partial charge on any atom is -0.279 e. The number of hydrogen-bond acceptors (Lipinski definition) is 5. The smallest absolute Gasteiger partial charge is 0.279 e. The van der Waals surface area contributed by atoms with Gasteiger partial charge in [-0.2, -0.15) is 8.42 Å². The summed E-state index contributed by atoms with van der Waals surface area (Å²) in [5.41, 5.74) is 0.636. The summed E-state index contributed by atoms with van der Waals surface area (Å²) in [6.45, 7) is -0.254. The predicted molar refractivity (Wildman–Crippen MR) is 70.3 cm³/mol. The molecule has 1 aromatic carbocycles. The topological polar surface area (TPSA) is 80.2 Å². The van der Waals surface area contributed by atoms with E-state index in [0.29, 0.717) is 5.52 Å². The van der Waals surface area contributed by atoms with Crippen molar-refractivity contribution in [2.45, 2.75) is 11.7 Å². The maximum atomic E-state index is 13.0. The van der Waals surface area contributed by atoms with Crippen molar-refractivity contribution in [3.8, 4) is 0 Å². The molecular formula is C12H10FN3O3S. The average Bonchev–Trinajstić information content (AvgIpc) is 2.80. The van der Waals surface area contributed by atoms with E-state index in [9.17, 15) is 17.1 Å². The van der Waals surface area contributed by atoms with Gasteiger partial charge in [0.25, 0.3) is 0 Å². The molecule has 1 saturated heterocycles. The molecular weight excluding hydrogens is 285 g/mol. The van der Waals surface area contributed by atoms with Crippen LogP contribution in [0, 0.1) is 0 Å². The lowest BCUT2D eigenvalue weighted by Crippen LogP contribution is -2.28. The Morgan fingerprint density at radius 1 is 1.30 bits per heavy atom. The fourth-order valence-corrected chi connectivity index (χ4v) is 2.82. The van der Waals surface area contributed by atoms with Gasteiger partial charge >= 0.3 is 10.2 Å². The van der Waals surface area contributed by atoms with Gasteiger partial charge in [-0.1, -0.05) is 18.2 Å². The number of carbonyl (C=O) groups is 1. The second-order valence-electron chi connectivity index (χ2n) is 4.53. The Bertz CT molecular complexity index is 793. The number of amides is 1. The first-order valence-corrected chi connectivity index (χ1v) is 7.35. The highest BCUT2D eigenvalue weighted by Gasteiger charge is 2.40. The molecule has 104 valence electrons. The van der Waals surface area contributed by atoms with Gasteiger partial charge in [0.05, 0.1) is 5.52 Å². The minimum atomic E-state index is -4.74. The quantitative estimate of drug-likeness (QED) is 0.773. The molecule has 1 amide bonds. The van der Waals surface area contributed by atoms with Crippen LogP contribution in [0.25, 0.3) is 10.9 Å². The molecule has 2 aromatic rings. The van der Waals surface area contributed by atoms with Gasteiger partial charge in [-0.25, -0.2) is 9.97 Å². The largest absolute Gasteiger partial charge is 0.307 e. The first-order chi connectivity index (χ1) is 9.45. The summed E-state index contributed by atoms with van der Waals surface area (Å²) in [6.07, 6.45) is 1.16. The molecule has 3 rings (SSSR count). The lowest BCUT2D eigenvalue weighted by molar-refractivity contribution is -0.117. The molecule has 1 atom stereocenters. The average molecular weight is 295 g/mol. The summed E-state index contributed by atoms with van der Waals surface area (Å²) in [5, 5.41) is -0.539. The summed E-state index contributed by atoms with van der Waals surface area (Å²) in [6, 6.07) is 7.20.